The molecule has 0 saturated carbocycles. The first kappa shape index (κ1) is 5.42. The van der Waals surface area contributed by atoms with Crippen LogP contribution in [-0.4, -0.2) is 4.57 Å². The average Bonchev–Trinajstić information content (AvgIpc) is 2.14. The standard InChI is InChI=1S/C7H10N/c1-3-8-6-4-5-7(8)2/h4-6H,2-3H2,1H3. The average molecular weight is 108 g/mol. The third kappa shape index (κ3) is 0.760. The smallest absolute Gasteiger partial charge is 0.0193 e. The molecule has 43 valence electrons. The second kappa shape index (κ2) is 2.03. The fourth-order valence-corrected chi connectivity index (χ4v) is 0.758. The van der Waals surface area contributed by atoms with E-state index < -0.39 is 0 Å². The van der Waals surface area contributed by atoms with Crippen LogP contribution in [0.5, 0.6) is 0 Å². The summed E-state index contributed by atoms with van der Waals surface area (Å²) in [4.78, 5) is 0. The summed E-state index contributed by atoms with van der Waals surface area (Å²) in [5.74, 6) is 0. The van der Waals surface area contributed by atoms with Crippen LogP contribution < -0.4 is 0 Å². The molecule has 0 N–H and O–H groups in total. The molecule has 8 heavy (non-hydrogen) atoms. The van der Waals surface area contributed by atoms with Gasteiger partial charge in [0.1, 0.15) is 0 Å². The lowest BCUT2D eigenvalue weighted by Gasteiger charge is -1.97. The summed E-state index contributed by atoms with van der Waals surface area (Å²) in [6.07, 6.45) is 2.03. The van der Waals surface area contributed by atoms with E-state index in [2.05, 4.69) is 18.4 Å². The molecule has 1 heteroatoms. The van der Waals surface area contributed by atoms with Crippen molar-refractivity contribution >= 4 is 0 Å². The maximum Gasteiger partial charge on any atom is 0.0193 e. The van der Waals surface area contributed by atoms with Crippen molar-refractivity contribution < 1.29 is 0 Å². The molecular formula is C7H10N. The second-order valence-corrected chi connectivity index (χ2v) is 1.79. The molecule has 0 aliphatic heterocycles. The normalized spacial score (nSPS) is 9.75. The van der Waals surface area contributed by atoms with Crippen molar-refractivity contribution in [3.05, 3.63) is 30.9 Å². The molecular weight excluding hydrogens is 98.1 g/mol. The van der Waals surface area contributed by atoms with Crippen LogP contribution in [0.25, 0.3) is 0 Å². The molecule has 0 bridgehead atoms. The first-order valence-corrected chi connectivity index (χ1v) is 2.81. The van der Waals surface area contributed by atoms with Gasteiger partial charge in [-0.15, -0.1) is 0 Å². The van der Waals surface area contributed by atoms with Gasteiger partial charge in [0.2, 0.25) is 0 Å². The van der Waals surface area contributed by atoms with Crippen molar-refractivity contribution in [2.45, 2.75) is 13.5 Å². The van der Waals surface area contributed by atoms with Crippen molar-refractivity contribution in [2.24, 2.45) is 0 Å². The van der Waals surface area contributed by atoms with Crippen LogP contribution in [0.1, 0.15) is 12.6 Å². The van der Waals surface area contributed by atoms with Crippen molar-refractivity contribution in [3.8, 4) is 0 Å². The first-order chi connectivity index (χ1) is 3.84. The molecule has 0 aliphatic carbocycles. The summed E-state index contributed by atoms with van der Waals surface area (Å²) in [6.45, 7) is 6.94. The van der Waals surface area contributed by atoms with E-state index >= 15 is 0 Å². The van der Waals surface area contributed by atoms with Crippen LogP contribution in [0.15, 0.2) is 18.3 Å². The van der Waals surface area contributed by atoms with Gasteiger partial charge in [-0.3, -0.25) is 0 Å². The predicted octanol–water partition coefficient (Wildman–Crippen LogP) is 1.69. The van der Waals surface area contributed by atoms with Gasteiger partial charge >= 0.3 is 0 Å². The Hall–Kier alpha value is -0.720. The Morgan fingerprint density at radius 3 is 2.75 bits per heavy atom. The highest BCUT2D eigenvalue weighted by atomic mass is 14.9. The van der Waals surface area contributed by atoms with E-state index in [9.17, 15) is 0 Å². The number of nitrogens with zero attached hydrogens (tertiary/aromatic N) is 1. The van der Waals surface area contributed by atoms with Crippen LogP contribution >= 0.6 is 0 Å². The Labute approximate surface area is 49.9 Å². The van der Waals surface area contributed by atoms with E-state index in [-0.39, 0.29) is 0 Å². The second-order valence-electron chi connectivity index (χ2n) is 1.79. The van der Waals surface area contributed by atoms with E-state index in [4.69, 9.17) is 0 Å². The Morgan fingerprint density at radius 2 is 2.50 bits per heavy atom. The number of hydrogen-bond donors (Lipinski definition) is 0. The van der Waals surface area contributed by atoms with Gasteiger partial charge in [0.25, 0.3) is 0 Å². The Morgan fingerprint density at radius 1 is 1.75 bits per heavy atom. The zero-order valence-corrected chi connectivity index (χ0v) is 5.09. The van der Waals surface area contributed by atoms with Gasteiger partial charge < -0.3 is 4.57 Å². The molecule has 1 radical (unpaired) electrons. The van der Waals surface area contributed by atoms with Crippen molar-refractivity contribution in [1.82, 2.24) is 4.57 Å². The molecule has 1 aromatic heterocycles. The number of hydrogen-bond acceptors (Lipinski definition) is 0. The van der Waals surface area contributed by atoms with Crippen LogP contribution in [-0.2, 0) is 6.54 Å². The molecule has 0 aromatic carbocycles. The largest absolute Gasteiger partial charge is 0.352 e. The van der Waals surface area contributed by atoms with Gasteiger partial charge in [0.05, 0.1) is 0 Å². The molecule has 0 spiro atoms. The number of rotatable bonds is 1. The molecule has 1 nitrogen and oxygen atoms in total. The van der Waals surface area contributed by atoms with Crippen LogP contribution in [0, 0.1) is 6.92 Å². The molecule has 1 aromatic rings. The molecule has 1 rings (SSSR count). The molecule has 0 saturated heterocycles. The Bertz CT molecular complexity index is 165. The molecule has 0 atom stereocenters. The molecule has 0 aliphatic rings. The fraction of sp³-hybridized carbons (Fsp3) is 0.286. The van der Waals surface area contributed by atoms with Gasteiger partial charge in [-0.25, -0.2) is 0 Å². The van der Waals surface area contributed by atoms with E-state index in [0.717, 1.165) is 12.2 Å². The monoisotopic (exact) mass is 108 g/mol. The van der Waals surface area contributed by atoms with Crippen molar-refractivity contribution in [1.29, 1.82) is 0 Å². The van der Waals surface area contributed by atoms with Crippen LogP contribution in [0.2, 0.25) is 0 Å². The van der Waals surface area contributed by atoms with Gasteiger partial charge in [0.15, 0.2) is 0 Å². The lowest BCUT2D eigenvalue weighted by atomic mass is 10.5. The van der Waals surface area contributed by atoms with Crippen LogP contribution in [0.4, 0.5) is 0 Å². The van der Waals surface area contributed by atoms with E-state index in [1.165, 1.54) is 0 Å². The van der Waals surface area contributed by atoms with Gasteiger partial charge in [-0.1, -0.05) is 0 Å². The summed E-state index contributed by atoms with van der Waals surface area (Å²) in [5, 5.41) is 0. The Kier molecular flexibility index (Phi) is 1.38. The SMILES string of the molecule is [CH2]c1cccn1CC. The van der Waals surface area contributed by atoms with Crippen molar-refractivity contribution in [3.63, 3.8) is 0 Å². The van der Waals surface area contributed by atoms with E-state index in [1.807, 2.05) is 18.3 Å². The van der Waals surface area contributed by atoms with Crippen LogP contribution in [0.3, 0.4) is 0 Å². The third-order valence-electron chi connectivity index (χ3n) is 1.26. The van der Waals surface area contributed by atoms with E-state index in [0.29, 0.717) is 0 Å². The quantitative estimate of drug-likeness (QED) is 0.516. The highest BCUT2D eigenvalue weighted by molar-refractivity contribution is 5.09. The zero-order valence-electron chi connectivity index (χ0n) is 5.09. The van der Waals surface area contributed by atoms with Gasteiger partial charge in [0, 0.05) is 18.4 Å². The summed E-state index contributed by atoms with van der Waals surface area (Å²) in [6, 6.07) is 4.01. The minimum Gasteiger partial charge on any atom is -0.352 e. The maximum atomic E-state index is 3.81. The molecule has 0 amide bonds. The summed E-state index contributed by atoms with van der Waals surface area (Å²) in [5.41, 5.74) is 1.09. The lowest BCUT2D eigenvalue weighted by Crippen LogP contribution is -1.92. The third-order valence-corrected chi connectivity index (χ3v) is 1.26. The number of aromatic nitrogens is 1. The van der Waals surface area contributed by atoms with Crippen molar-refractivity contribution in [2.75, 3.05) is 0 Å². The predicted molar refractivity (Wildman–Crippen MR) is 34.6 cm³/mol. The molecule has 1 heterocycles. The number of aryl methyl sites for hydroxylation is 1. The van der Waals surface area contributed by atoms with Gasteiger partial charge in [-0.2, -0.15) is 0 Å². The Balaban J connectivity index is 2.92. The van der Waals surface area contributed by atoms with E-state index in [1.54, 1.807) is 0 Å². The lowest BCUT2D eigenvalue weighted by molar-refractivity contribution is 0.755. The fourth-order valence-electron chi connectivity index (χ4n) is 0.758. The van der Waals surface area contributed by atoms with Gasteiger partial charge in [-0.05, 0) is 26.0 Å². The highest BCUT2D eigenvalue weighted by Gasteiger charge is 1.87. The summed E-state index contributed by atoms with van der Waals surface area (Å²) < 4.78 is 2.10. The molecule has 0 unspecified atom stereocenters. The highest BCUT2D eigenvalue weighted by Crippen LogP contribution is 1.97. The first-order valence-electron chi connectivity index (χ1n) is 2.81. The zero-order chi connectivity index (χ0) is 5.98. The topological polar surface area (TPSA) is 4.93 Å². The maximum absolute atomic E-state index is 3.81. The molecule has 0 fully saturated rings. The minimum absolute atomic E-state index is 1.02. The summed E-state index contributed by atoms with van der Waals surface area (Å²) >= 11 is 0. The minimum atomic E-state index is 1.02. The summed E-state index contributed by atoms with van der Waals surface area (Å²) in [7, 11) is 0.